The Morgan fingerprint density at radius 2 is 1.88 bits per heavy atom. The molecule has 0 fully saturated rings. The van der Waals surface area contributed by atoms with E-state index in [9.17, 15) is 0 Å². The minimum atomic E-state index is -0.447. The van der Waals surface area contributed by atoms with Crippen LogP contribution in [0.3, 0.4) is 0 Å². The molecule has 0 spiro atoms. The first-order valence-electron chi connectivity index (χ1n) is 4.42. The first kappa shape index (κ1) is 12.3. The van der Waals surface area contributed by atoms with Crippen molar-refractivity contribution in [2.24, 2.45) is 0 Å². The fourth-order valence-corrected chi connectivity index (χ4v) is 2.41. The molecule has 0 aliphatic carbocycles. The summed E-state index contributed by atoms with van der Waals surface area (Å²) in [5, 5.41) is 0.713. The van der Waals surface area contributed by atoms with Gasteiger partial charge in [0.05, 0.1) is 0 Å². The number of rotatable bonds is 2. The van der Waals surface area contributed by atoms with Gasteiger partial charge in [-0.05, 0) is 51.8 Å². The van der Waals surface area contributed by atoms with Crippen molar-refractivity contribution in [3.63, 3.8) is 0 Å². The van der Waals surface area contributed by atoms with E-state index < -0.39 is 5.38 Å². The average Bonchev–Trinajstić information content (AvgIpc) is 2.67. The third kappa shape index (κ3) is 2.57. The van der Waals surface area contributed by atoms with Gasteiger partial charge < -0.3 is 4.42 Å². The molecule has 0 bridgehead atoms. The Bertz CT molecular complexity index is 510. The van der Waals surface area contributed by atoms with Gasteiger partial charge in [-0.2, -0.15) is 0 Å². The van der Waals surface area contributed by atoms with Crippen molar-refractivity contribution in [2.75, 3.05) is 0 Å². The highest BCUT2D eigenvalue weighted by molar-refractivity contribution is 9.10. The molecule has 0 aliphatic rings. The topological polar surface area (TPSA) is 13.1 Å². The van der Waals surface area contributed by atoms with E-state index in [1.165, 1.54) is 0 Å². The molecular formula is C11H6BrCl3O. The molecule has 84 valence electrons. The third-order valence-corrected chi connectivity index (χ3v) is 3.53. The van der Waals surface area contributed by atoms with Crippen LogP contribution in [0, 0.1) is 0 Å². The number of benzene rings is 1. The van der Waals surface area contributed by atoms with Gasteiger partial charge >= 0.3 is 0 Å². The number of hydrogen-bond donors (Lipinski definition) is 0. The summed E-state index contributed by atoms with van der Waals surface area (Å²) in [5.41, 5.74) is 0.734. The van der Waals surface area contributed by atoms with Gasteiger partial charge in [0.25, 0.3) is 0 Å². The van der Waals surface area contributed by atoms with E-state index >= 15 is 0 Å². The molecule has 1 atom stereocenters. The highest BCUT2D eigenvalue weighted by Crippen LogP contribution is 2.36. The third-order valence-electron chi connectivity index (χ3n) is 2.07. The highest BCUT2D eigenvalue weighted by atomic mass is 79.9. The van der Waals surface area contributed by atoms with Crippen molar-refractivity contribution in [1.29, 1.82) is 0 Å². The molecule has 1 aromatic carbocycles. The van der Waals surface area contributed by atoms with Gasteiger partial charge in [0.1, 0.15) is 11.1 Å². The number of hydrogen-bond acceptors (Lipinski definition) is 1. The molecule has 0 aliphatic heterocycles. The Hall–Kier alpha value is -0.150. The molecule has 1 nitrogen and oxygen atoms in total. The van der Waals surface area contributed by atoms with Crippen LogP contribution in [0.25, 0.3) is 0 Å². The second-order valence-electron chi connectivity index (χ2n) is 3.17. The quantitative estimate of drug-likeness (QED) is 0.641. The van der Waals surface area contributed by atoms with E-state index in [1.54, 1.807) is 30.3 Å². The maximum Gasteiger partial charge on any atom is 0.169 e. The molecule has 1 unspecified atom stereocenters. The molecule has 1 aromatic heterocycles. The molecule has 16 heavy (non-hydrogen) atoms. The minimum Gasteiger partial charge on any atom is -0.452 e. The maximum absolute atomic E-state index is 6.26. The lowest BCUT2D eigenvalue weighted by Crippen LogP contribution is -1.92. The smallest absolute Gasteiger partial charge is 0.169 e. The van der Waals surface area contributed by atoms with Crippen LogP contribution in [-0.4, -0.2) is 0 Å². The molecule has 2 rings (SSSR count). The first-order chi connectivity index (χ1) is 7.58. The van der Waals surface area contributed by atoms with Crippen molar-refractivity contribution < 1.29 is 4.42 Å². The van der Waals surface area contributed by atoms with Gasteiger partial charge in [0.2, 0.25) is 0 Å². The minimum absolute atomic E-state index is 0.447. The predicted octanol–water partition coefficient (Wildman–Crippen LogP) is 5.68. The normalized spacial score (nSPS) is 12.8. The Morgan fingerprint density at radius 1 is 1.12 bits per heavy atom. The van der Waals surface area contributed by atoms with Crippen molar-refractivity contribution in [3.05, 3.63) is 56.4 Å². The summed E-state index contributed by atoms with van der Waals surface area (Å²) in [7, 11) is 0. The van der Waals surface area contributed by atoms with Crippen molar-refractivity contribution >= 4 is 50.7 Å². The molecular weight excluding hydrogens is 334 g/mol. The summed E-state index contributed by atoms with van der Waals surface area (Å²) in [6.45, 7) is 0. The second kappa shape index (κ2) is 5.01. The van der Waals surface area contributed by atoms with E-state index in [4.69, 9.17) is 39.2 Å². The standard InChI is InChI=1S/C11H6BrCl3O/c12-10-4-3-9(16-10)11(15)7-5-6(13)1-2-8(7)14/h1-5,11H. The molecule has 0 N–H and O–H groups in total. The van der Waals surface area contributed by atoms with Gasteiger partial charge in [-0.25, -0.2) is 0 Å². The first-order valence-corrected chi connectivity index (χ1v) is 6.40. The monoisotopic (exact) mass is 338 g/mol. The lowest BCUT2D eigenvalue weighted by atomic mass is 10.1. The van der Waals surface area contributed by atoms with E-state index in [2.05, 4.69) is 15.9 Å². The van der Waals surface area contributed by atoms with Crippen molar-refractivity contribution in [1.82, 2.24) is 0 Å². The largest absolute Gasteiger partial charge is 0.452 e. The van der Waals surface area contributed by atoms with E-state index in [1.807, 2.05) is 0 Å². The molecule has 0 saturated carbocycles. The van der Waals surface area contributed by atoms with Gasteiger partial charge in [-0.1, -0.05) is 23.2 Å². The van der Waals surface area contributed by atoms with Crippen molar-refractivity contribution in [3.8, 4) is 0 Å². The Labute approximate surface area is 116 Å². The van der Waals surface area contributed by atoms with E-state index in [-0.39, 0.29) is 0 Å². The Morgan fingerprint density at radius 3 is 2.50 bits per heavy atom. The zero-order valence-corrected chi connectivity index (χ0v) is 11.7. The van der Waals surface area contributed by atoms with Crippen LogP contribution < -0.4 is 0 Å². The fraction of sp³-hybridized carbons (Fsp3) is 0.0909. The van der Waals surface area contributed by atoms with Crippen LogP contribution in [0.4, 0.5) is 0 Å². The second-order valence-corrected chi connectivity index (χ2v) is 5.23. The zero-order valence-electron chi connectivity index (χ0n) is 7.88. The lowest BCUT2D eigenvalue weighted by Gasteiger charge is -2.09. The number of halogens is 4. The van der Waals surface area contributed by atoms with Crippen molar-refractivity contribution in [2.45, 2.75) is 5.38 Å². The zero-order chi connectivity index (χ0) is 11.7. The highest BCUT2D eigenvalue weighted by Gasteiger charge is 2.18. The number of furan rings is 1. The average molecular weight is 340 g/mol. The summed E-state index contributed by atoms with van der Waals surface area (Å²) >= 11 is 21.4. The Kier molecular flexibility index (Phi) is 3.85. The SMILES string of the molecule is Clc1ccc(Cl)c(C(Cl)c2ccc(Br)o2)c1. The number of alkyl halides is 1. The van der Waals surface area contributed by atoms with Crippen LogP contribution in [0.5, 0.6) is 0 Å². The van der Waals surface area contributed by atoms with E-state index in [0.29, 0.717) is 20.5 Å². The molecule has 0 radical (unpaired) electrons. The van der Waals surface area contributed by atoms with Gasteiger partial charge in [0, 0.05) is 10.0 Å². The summed E-state index contributed by atoms with van der Waals surface area (Å²) < 4.78 is 6.01. The van der Waals surface area contributed by atoms with Crippen LogP contribution in [0.2, 0.25) is 10.0 Å². The van der Waals surface area contributed by atoms with Crippen LogP contribution >= 0.6 is 50.7 Å². The summed E-state index contributed by atoms with van der Waals surface area (Å²) in [4.78, 5) is 0. The molecule has 1 heterocycles. The maximum atomic E-state index is 6.26. The van der Waals surface area contributed by atoms with Crippen LogP contribution in [-0.2, 0) is 0 Å². The van der Waals surface area contributed by atoms with E-state index in [0.717, 1.165) is 5.56 Å². The summed E-state index contributed by atoms with van der Waals surface area (Å²) in [5.74, 6) is 0.623. The van der Waals surface area contributed by atoms with Gasteiger partial charge in [-0.3, -0.25) is 0 Å². The fourth-order valence-electron chi connectivity index (χ4n) is 1.33. The van der Waals surface area contributed by atoms with Gasteiger partial charge in [0.15, 0.2) is 4.67 Å². The lowest BCUT2D eigenvalue weighted by molar-refractivity contribution is 0.494. The summed E-state index contributed by atoms with van der Waals surface area (Å²) in [6, 6.07) is 8.74. The molecule has 0 amide bonds. The molecule has 5 heteroatoms. The van der Waals surface area contributed by atoms with Crippen LogP contribution in [0.15, 0.2) is 39.4 Å². The molecule has 0 saturated heterocycles. The van der Waals surface area contributed by atoms with Gasteiger partial charge in [-0.15, -0.1) is 11.6 Å². The predicted molar refractivity (Wildman–Crippen MR) is 70.6 cm³/mol. The summed E-state index contributed by atoms with van der Waals surface area (Å²) in [6.07, 6.45) is 0. The van der Waals surface area contributed by atoms with Crippen LogP contribution in [0.1, 0.15) is 16.7 Å². The Balaban J connectivity index is 2.40. The molecule has 2 aromatic rings.